The van der Waals surface area contributed by atoms with Gasteiger partial charge >= 0.3 is 0 Å². The fourth-order valence-electron chi connectivity index (χ4n) is 6.39. The molecule has 18 nitrogen and oxygen atoms in total. The van der Waals surface area contributed by atoms with Crippen LogP contribution in [-0.4, -0.2) is 88.3 Å². The number of fused-ring (bicyclic) bond motifs is 4. The Morgan fingerprint density at radius 1 is 0.661 bits per heavy atom. The molecule has 6 aromatic rings. The van der Waals surface area contributed by atoms with Crippen molar-refractivity contribution in [2.45, 2.75) is 51.6 Å². The largest absolute Gasteiger partial charge is 0.383 e. The Kier molecular flexibility index (Phi) is 10.0. The second-order valence-electron chi connectivity index (χ2n) is 13.9. The van der Waals surface area contributed by atoms with Crippen LogP contribution in [-0.2, 0) is 35.5 Å². The number of nitrogens with two attached hydrogens (primary N) is 2. The highest BCUT2D eigenvalue weighted by atomic mass is 16.2. The smallest absolute Gasteiger partial charge is 0.244 e. The van der Waals surface area contributed by atoms with Gasteiger partial charge in [0.2, 0.25) is 11.8 Å². The van der Waals surface area contributed by atoms with Gasteiger partial charge in [-0.15, -0.1) is 0 Å². The number of aromatic nitrogens is 8. The molecule has 6 N–H and O–H groups in total. The summed E-state index contributed by atoms with van der Waals surface area (Å²) in [6.07, 6.45) is 4.81. The van der Waals surface area contributed by atoms with E-state index in [0.29, 0.717) is 59.4 Å². The first-order chi connectivity index (χ1) is 26.9. The zero-order chi connectivity index (χ0) is 39.7. The summed E-state index contributed by atoms with van der Waals surface area (Å²) < 4.78 is 3.45. The van der Waals surface area contributed by atoms with E-state index in [0.717, 1.165) is 45.8 Å². The van der Waals surface area contributed by atoms with Gasteiger partial charge in [-0.2, -0.15) is 20.7 Å². The Morgan fingerprint density at radius 2 is 1.07 bits per heavy atom. The number of carbonyl (C=O) groups is 2. The molecule has 0 aromatic carbocycles. The van der Waals surface area contributed by atoms with Gasteiger partial charge in [0.25, 0.3) is 0 Å². The standard InChI is InChI=1S/2C19H20N8O/c2*1-11(8-20)15-5-12-6-16(22-9-14(12)19(21)23-15)24-17-7-13-3-4-26(2)18(28)10-27(13)25-17/h2*5-7,9,11H,3-4,10H2,1-2H3,(H2,21,23)(H,22,24,25)/t2*11-/m10/s1. The van der Waals surface area contributed by atoms with Gasteiger partial charge in [-0.1, -0.05) is 0 Å². The Morgan fingerprint density at radius 3 is 1.46 bits per heavy atom. The quantitative estimate of drug-likeness (QED) is 0.190. The van der Waals surface area contributed by atoms with Crippen LogP contribution in [0.2, 0.25) is 0 Å². The number of hydrogen-bond acceptors (Lipinski definition) is 14. The summed E-state index contributed by atoms with van der Waals surface area (Å²) in [7, 11) is 3.60. The minimum absolute atomic E-state index is 0.0411. The van der Waals surface area contributed by atoms with Gasteiger partial charge in [-0.25, -0.2) is 19.9 Å². The number of nitriles is 2. The van der Waals surface area contributed by atoms with E-state index in [1.807, 2.05) is 36.4 Å². The van der Waals surface area contributed by atoms with Gasteiger partial charge in [0.1, 0.15) is 36.4 Å². The number of nitrogens with one attached hydrogen (secondary N) is 2. The maximum Gasteiger partial charge on any atom is 0.244 e. The van der Waals surface area contributed by atoms with E-state index in [1.54, 1.807) is 59.5 Å². The highest BCUT2D eigenvalue weighted by Gasteiger charge is 2.21. The van der Waals surface area contributed by atoms with Gasteiger partial charge < -0.3 is 31.9 Å². The predicted octanol–water partition coefficient (Wildman–Crippen LogP) is 3.59. The summed E-state index contributed by atoms with van der Waals surface area (Å²) in [5, 5.41) is 36.8. The molecule has 2 aliphatic rings. The molecule has 0 spiro atoms. The maximum atomic E-state index is 12.0. The van der Waals surface area contributed by atoms with E-state index in [-0.39, 0.29) is 36.7 Å². The average Bonchev–Trinajstić information content (AvgIpc) is 3.68. The highest BCUT2D eigenvalue weighted by Crippen LogP contribution is 2.28. The van der Waals surface area contributed by atoms with Crippen LogP contribution in [0.5, 0.6) is 0 Å². The van der Waals surface area contributed by atoms with Crippen molar-refractivity contribution in [3.05, 3.63) is 71.6 Å². The third-order valence-electron chi connectivity index (χ3n) is 9.87. The molecule has 2 atom stereocenters. The van der Waals surface area contributed by atoms with Crippen LogP contribution < -0.4 is 22.1 Å². The number of amides is 2. The number of nitrogens with zero attached hydrogens (tertiary/aromatic N) is 12. The van der Waals surface area contributed by atoms with E-state index in [1.165, 1.54) is 0 Å². The van der Waals surface area contributed by atoms with Crippen molar-refractivity contribution in [2.75, 3.05) is 49.3 Å². The molecule has 18 heteroatoms. The van der Waals surface area contributed by atoms with Crippen LogP contribution in [0.4, 0.5) is 34.9 Å². The van der Waals surface area contributed by atoms with Crippen molar-refractivity contribution in [1.82, 2.24) is 49.3 Å². The number of hydrogen-bond donors (Lipinski definition) is 4. The molecule has 0 aliphatic carbocycles. The van der Waals surface area contributed by atoms with Crippen LogP contribution in [0, 0.1) is 22.7 Å². The first kappa shape index (κ1) is 37.0. The Bertz CT molecular complexity index is 2400. The van der Waals surface area contributed by atoms with Crippen LogP contribution >= 0.6 is 0 Å². The number of pyridine rings is 4. The Labute approximate surface area is 321 Å². The molecule has 8 rings (SSSR count). The molecule has 2 aliphatic heterocycles. The molecule has 8 heterocycles. The van der Waals surface area contributed by atoms with Crippen molar-refractivity contribution in [2.24, 2.45) is 0 Å². The second kappa shape index (κ2) is 15.2. The average molecular weight is 753 g/mol. The third-order valence-corrected chi connectivity index (χ3v) is 9.87. The highest BCUT2D eigenvalue weighted by molar-refractivity contribution is 5.93. The van der Waals surface area contributed by atoms with Crippen molar-refractivity contribution in [1.29, 1.82) is 10.5 Å². The number of anilines is 6. The lowest BCUT2D eigenvalue weighted by Crippen LogP contribution is -2.29. The Hall–Kier alpha value is -7.34. The minimum Gasteiger partial charge on any atom is -0.383 e. The van der Waals surface area contributed by atoms with Crippen LogP contribution in [0.15, 0.2) is 48.8 Å². The second-order valence-corrected chi connectivity index (χ2v) is 13.9. The summed E-state index contributed by atoms with van der Waals surface area (Å²) >= 11 is 0. The van der Waals surface area contributed by atoms with Crippen LogP contribution in [0.1, 0.15) is 48.5 Å². The summed E-state index contributed by atoms with van der Waals surface area (Å²) in [6, 6.07) is 15.6. The zero-order valence-electron chi connectivity index (χ0n) is 31.4. The third kappa shape index (κ3) is 7.66. The minimum atomic E-state index is -0.351. The fourth-order valence-corrected chi connectivity index (χ4v) is 6.39. The molecule has 0 bridgehead atoms. The zero-order valence-corrected chi connectivity index (χ0v) is 31.4. The molecule has 2 amide bonds. The van der Waals surface area contributed by atoms with E-state index in [9.17, 15) is 9.59 Å². The van der Waals surface area contributed by atoms with E-state index >= 15 is 0 Å². The number of likely N-dealkylation sites (N-methyl/N-ethyl adjacent to an activating group) is 2. The molecule has 0 unspecified atom stereocenters. The number of nitrogen functional groups attached to an aromatic ring is 2. The molecule has 284 valence electrons. The molecule has 6 aromatic heterocycles. The van der Waals surface area contributed by atoms with Gasteiger partial charge in [0, 0.05) is 86.7 Å². The first-order valence-electron chi connectivity index (χ1n) is 18.0. The van der Waals surface area contributed by atoms with Crippen molar-refractivity contribution < 1.29 is 9.59 Å². The van der Waals surface area contributed by atoms with Gasteiger partial charge in [-0.3, -0.25) is 19.0 Å². The van der Waals surface area contributed by atoms with Crippen LogP contribution in [0.3, 0.4) is 0 Å². The first-order valence-corrected chi connectivity index (χ1v) is 18.0. The summed E-state index contributed by atoms with van der Waals surface area (Å²) in [5.74, 6) is 2.55. The molecule has 0 radical (unpaired) electrons. The molecule has 56 heavy (non-hydrogen) atoms. The fraction of sp³-hybridized carbons (Fsp3) is 0.316. The van der Waals surface area contributed by atoms with Crippen LogP contribution in [0.25, 0.3) is 21.5 Å². The molecule has 0 fully saturated rings. The lowest BCUT2D eigenvalue weighted by atomic mass is 10.1. The number of carbonyl (C=O) groups excluding carboxylic acids is 2. The van der Waals surface area contributed by atoms with Gasteiger partial charge in [0.05, 0.1) is 35.4 Å². The molecular weight excluding hydrogens is 713 g/mol. The van der Waals surface area contributed by atoms with Gasteiger partial charge in [-0.05, 0) is 48.9 Å². The predicted molar refractivity (Wildman–Crippen MR) is 210 cm³/mol. The topological polar surface area (TPSA) is 252 Å². The summed E-state index contributed by atoms with van der Waals surface area (Å²) in [5.41, 5.74) is 15.3. The summed E-state index contributed by atoms with van der Waals surface area (Å²) in [6.45, 7) is 5.37. The molecular formula is C38H40N16O2. The monoisotopic (exact) mass is 752 g/mol. The summed E-state index contributed by atoms with van der Waals surface area (Å²) in [4.78, 5) is 44.8. The van der Waals surface area contributed by atoms with E-state index in [4.69, 9.17) is 22.0 Å². The molecule has 0 saturated heterocycles. The van der Waals surface area contributed by atoms with Crippen molar-refractivity contribution >= 4 is 68.3 Å². The van der Waals surface area contributed by atoms with Crippen molar-refractivity contribution in [3.8, 4) is 12.1 Å². The van der Waals surface area contributed by atoms with E-state index in [2.05, 4.69) is 52.9 Å². The lowest BCUT2D eigenvalue weighted by molar-refractivity contribution is -0.131. The normalized spacial score (nSPS) is 15.0. The van der Waals surface area contributed by atoms with Gasteiger partial charge in [0.15, 0.2) is 11.6 Å². The van der Waals surface area contributed by atoms with Crippen molar-refractivity contribution in [3.63, 3.8) is 0 Å². The number of rotatable bonds is 6. The Balaban J connectivity index is 0.000000172. The SMILES string of the molecule is C[C@@H](C#N)c1cc2cc(Nc3cc4n(n3)CC(=O)N(C)CC4)ncc2c(N)n1.C[C@H](C#N)c1cc2cc(Nc3cc4n(n3)CC(=O)N(C)CC4)ncc2c(N)n1. The molecule has 0 saturated carbocycles. The lowest BCUT2D eigenvalue weighted by Gasteiger charge is -2.12. The maximum absolute atomic E-state index is 12.0. The van der Waals surface area contributed by atoms with E-state index < -0.39 is 0 Å².